The Kier molecular flexibility index (Phi) is 7.79. The Morgan fingerprint density at radius 1 is 1.60 bits per heavy atom. The van der Waals surface area contributed by atoms with Gasteiger partial charge in [-0.2, -0.15) is 28.6 Å². The number of carbonyl (C=O) groups excluding carboxylic acids is 1. The van der Waals surface area contributed by atoms with E-state index in [0.29, 0.717) is 5.25 Å². The first-order chi connectivity index (χ1) is 9.20. The third-order valence-corrected chi connectivity index (χ3v) is 5.84. The summed E-state index contributed by atoms with van der Waals surface area (Å²) >= 11 is 3.92. The fourth-order valence-corrected chi connectivity index (χ4v) is 4.62. The van der Waals surface area contributed by atoms with Gasteiger partial charge in [-0.15, -0.1) is 12.4 Å². The van der Waals surface area contributed by atoms with Crippen LogP contribution in [0.5, 0.6) is 0 Å². The summed E-state index contributed by atoms with van der Waals surface area (Å²) in [6.07, 6.45) is 3.60. The average molecular weight is 337 g/mol. The fourth-order valence-electron chi connectivity index (χ4n) is 2.01. The number of hydrogen-bond acceptors (Lipinski definition) is 5. The van der Waals surface area contributed by atoms with Crippen molar-refractivity contribution in [2.24, 2.45) is 7.05 Å². The Morgan fingerprint density at radius 2 is 2.40 bits per heavy atom. The quantitative estimate of drug-likeness (QED) is 0.842. The molecule has 114 valence electrons. The molecular formula is C12H21ClN4OS2. The highest BCUT2D eigenvalue weighted by atomic mass is 35.5. The molecule has 0 saturated carbocycles. The molecule has 2 unspecified atom stereocenters. The van der Waals surface area contributed by atoms with Crippen LogP contribution in [-0.2, 0) is 11.8 Å². The van der Waals surface area contributed by atoms with Crippen molar-refractivity contribution in [3.05, 3.63) is 18.0 Å². The van der Waals surface area contributed by atoms with Crippen LogP contribution in [0.15, 0.2) is 12.4 Å². The fraction of sp³-hybridized carbons (Fsp3) is 0.667. The molecule has 1 aliphatic rings. The van der Waals surface area contributed by atoms with Gasteiger partial charge in [0.25, 0.3) is 0 Å². The highest BCUT2D eigenvalue weighted by Crippen LogP contribution is 2.23. The molecule has 2 rings (SSSR count). The number of amides is 1. The third-order valence-electron chi connectivity index (χ3n) is 3.00. The Bertz CT molecular complexity index is 423. The molecule has 1 amide bonds. The topological polar surface area (TPSA) is 59.0 Å². The second kappa shape index (κ2) is 8.81. The highest BCUT2D eigenvalue weighted by molar-refractivity contribution is 8.06. The van der Waals surface area contributed by atoms with Gasteiger partial charge in [-0.25, -0.2) is 0 Å². The van der Waals surface area contributed by atoms with Gasteiger partial charge in [0, 0.05) is 47.9 Å². The number of aryl methyl sites for hydroxylation is 1. The molecular weight excluding hydrogens is 316 g/mol. The van der Waals surface area contributed by atoms with Gasteiger partial charge in [-0.3, -0.25) is 9.48 Å². The minimum Gasteiger partial charge on any atom is -0.353 e. The number of nitrogens with zero attached hydrogens (tertiary/aromatic N) is 2. The van der Waals surface area contributed by atoms with Crippen LogP contribution in [0.2, 0.25) is 0 Å². The molecule has 1 saturated heterocycles. The minimum absolute atomic E-state index is 0. The monoisotopic (exact) mass is 336 g/mol. The summed E-state index contributed by atoms with van der Waals surface area (Å²) in [5, 5.41) is 10.7. The van der Waals surface area contributed by atoms with E-state index in [4.69, 9.17) is 0 Å². The molecule has 20 heavy (non-hydrogen) atoms. The van der Waals surface area contributed by atoms with Gasteiger partial charge in [0.2, 0.25) is 5.91 Å². The Morgan fingerprint density at radius 3 is 2.95 bits per heavy atom. The number of likely N-dealkylation sites (N-methyl/N-ethyl adjacent to an activating group) is 1. The number of carbonyl (C=O) groups is 1. The van der Waals surface area contributed by atoms with Crippen LogP contribution >= 0.6 is 35.9 Å². The van der Waals surface area contributed by atoms with E-state index in [-0.39, 0.29) is 24.4 Å². The van der Waals surface area contributed by atoms with E-state index in [1.54, 1.807) is 17.9 Å². The first-order valence-electron chi connectivity index (χ1n) is 6.33. The molecule has 1 aromatic rings. The lowest BCUT2D eigenvalue weighted by Gasteiger charge is -2.22. The third kappa shape index (κ3) is 4.87. The van der Waals surface area contributed by atoms with E-state index in [1.165, 1.54) is 11.5 Å². The molecule has 1 aromatic heterocycles. The number of hydrogen-bond donors (Lipinski definition) is 2. The van der Waals surface area contributed by atoms with Gasteiger partial charge in [-0.05, 0) is 7.05 Å². The SMILES string of the molecule is CNC(C(=O)NCC1CSCCS1)c1cnn(C)c1.Cl. The molecule has 0 aliphatic carbocycles. The summed E-state index contributed by atoms with van der Waals surface area (Å²) in [7, 11) is 3.65. The van der Waals surface area contributed by atoms with E-state index >= 15 is 0 Å². The van der Waals surface area contributed by atoms with Gasteiger partial charge >= 0.3 is 0 Å². The summed E-state index contributed by atoms with van der Waals surface area (Å²) in [6, 6.07) is -0.324. The number of nitrogens with one attached hydrogen (secondary N) is 2. The van der Waals surface area contributed by atoms with Gasteiger partial charge < -0.3 is 10.6 Å². The zero-order chi connectivity index (χ0) is 13.7. The van der Waals surface area contributed by atoms with Crippen molar-refractivity contribution < 1.29 is 4.79 Å². The van der Waals surface area contributed by atoms with Crippen molar-refractivity contribution >= 4 is 41.8 Å². The molecule has 1 aliphatic heterocycles. The molecule has 0 bridgehead atoms. The molecule has 1 fully saturated rings. The Balaban J connectivity index is 0.00000200. The van der Waals surface area contributed by atoms with E-state index in [1.807, 2.05) is 36.8 Å². The molecule has 2 N–H and O–H groups in total. The van der Waals surface area contributed by atoms with Crippen LogP contribution in [0.3, 0.4) is 0 Å². The summed E-state index contributed by atoms with van der Waals surface area (Å²) in [4.78, 5) is 12.2. The van der Waals surface area contributed by atoms with Crippen molar-refractivity contribution in [1.82, 2.24) is 20.4 Å². The first kappa shape index (κ1) is 17.7. The number of aromatic nitrogens is 2. The predicted molar refractivity (Wildman–Crippen MR) is 88.8 cm³/mol. The summed E-state index contributed by atoms with van der Waals surface area (Å²) in [5.74, 6) is 3.56. The predicted octanol–water partition coefficient (Wildman–Crippen LogP) is 1.07. The summed E-state index contributed by atoms with van der Waals surface area (Å²) in [5.41, 5.74) is 0.896. The van der Waals surface area contributed by atoms with Crippen LogP contribution in [0.1, 0.15) is 11.6 Å². The second-order valence-corrected chi connectivity index (χ2v) is 7.04. The van der Waals surface area contributed by atoms with Gasteiger partial charge in [0.15, 0.2) is 0 Å². The molecule has 5 nitrogen and oxygen atoms in total. The molecule has 0 spiro atoms. The Labute approximate surface area is 134 Å². The zero-order valence-electron chi connectivity index (χ0n) is 11.7. The largest absolute Gasteiger partial charge is 0.353 e. The van der Waals surface area contributed by atoms with Crippen LogP contribution in [-0.4, -0.2) is 51.8 Å². The van der Waals surface area contributed by atoms with Crippen molar-refractivity contribution in [1.29, 1.82) is 0 Å². The highest BCUT2D eigenvalue weighted by Gasteiger charge is 2.21. The van der Waals surface area contributed by atoms with E-state index < -0.39 is 0 Å². The molecule has 2 atom stereocenters. The summed E-state index contributed by atoms with van der Waals surface area (Å²) < 4.78 is 1.71. The molecule has 8 heteroatoms. The van der Waals surface area contributed by atoms with Gasteiger partial charge in [0.1, 0.15) is 6.04 Å². The lowest BCUT2D eigenvalue weighted by molar-refractivity contribution is -0.123. The van der Waals surface area contributed by atoms with Crippen molar-refractivity contribution in [3.8, 4) is 0 Å². The molecule has 2 heterocycles. The van der Waals surface area contributed by atoms with Crippen LogP contribution in [0.4, 0.5) is 0 Å². The number of halogens is 1. The number of rotatable bonds is 5. The molecule has 0 radical (unpaired) electrons. The van der Waals surface area contributed by atoms with E-state index in [0.717, 1.165) is 17.9 Å². The summed E-state index contributed by atoms with van der Waals surface area (Å²) in [6.45, 7) is 0.745. The van der Waals surface area contributed by atoms with Gasteiger partial charge in [-0.1, -0.05) is 0 Å². The maximum absolute atomic E-state index is 12.2. The van der Waals surface area contributed by atoms with Crippen LogP contribution in [0, 0.1) is 0 Å². The smallest absolute Gasteiger partial charge is 0.241 e. The lowest BCUT2D eigenvalue weighted by Crippen LogP contribution is -2.40. The van der Waals surface area contributed by atoms with E-state index in [9.17, 15) is 4.79 Å². The lowest BCUT2D eigenvalue weighted by atomic mass is 10.1. The standard InChI is InChI=1S/C12H20N4OS2.ClH/c1-13-11(9-5-15-16(2)7-9)12(17)14-6-10-8-18-3-4-19-10;/h5,7,10-11,13H,3-4,6,8H2,1-2H3,(H,14,17);1H. The minimum atomic E-state index is -0.324. The molecule has 0 aromatic carbocycles. The van der Waals surface area contributed by atoms with Gasteiger partial charge in [0.05, 0.1) is 6.20 Å². The van der Waals surface area contributed by atoms with Crippen molar-refractivity contribution in [2.75, 3.05) is 30.9 Å². The maximum atomic E-state index is 12.2. The first-order valence-corrected chi connectivity index (χ1v) is 8.54. The van der Waals surface area contributed by atoms with Crippen LogP contribution < -0.4 is 10.6 Å². The number of thioether (sulfide) groups is 2. The van der Waals surface area contributed by atoms with E-state index in [2.05, 4.69) is 15.7 Å². The average Bonchev–Trinajstić information content (AvgIpc) is 2.85. The van der Waals surface area contributed by atoms with Crippen molar-refractivity contribution in [3.63, 3.8) is 0 Å². The zero-order valence-corrected chi connectivity index (χ0v) is 14.1. The normalized spacial score (nSPS) is 20.0. The second-order valence-electron chi connectivity index (χ2n) is 4.48. The van der Waals surface area contributed by atoms with Crippen molar-refractivity contribution in [2.45, 2.75) is 11.3 Å². The van der Waals surface area contributed by atoms with Crippen LogP contribution in [0.25, 0.3) is 0 Å². The maximum Gasteiger partial charge on any atom is 0.241 e. The Hall–Kier alpha value is -0.370.